The first-order valence-electron chi connectivity index (χ1n) is 7.08. The molecule has 102 valence electrons. The lowest BCUT2D eigenvalue weighted by Gasteiger charge is -2.38. The molecule has 3 heteroatoms. The Morgan fingerprint density at radius 3 is 2.41 bits per heavy atom. The summed E-state index contributed by atoms with van der Waals surface area (Å²) in [5, 5.41) is 18.9. The minimum atomic E-state index is -0.402. The molecule has 0 saturated heterocycles. The van der Waals surface area contributed by atoms with Crippen LogP contribution in [-0.2, 0) is 4.74 Å². The Hall–Kier alpha value is -0.120. The normalized spacial score (nSPS) is 23.3. The molecule has 0 aromatic carbocycles. The first kappa shape index (κ1) is 14.9. The number of hydrogen-bond donors (Lipinski definition) is 2. The van der Waals surface area contributed by atoms with Gasteiger partial charge in [0, 0.05) is 6.61 Å². The summed E-state index contributed by atoms with van der Waals surface area (Å²) >= 11 is 0. The summed E-state index contributed by atoms with van der Waals surface area (Å²) in [6.07, 6.45) is 7.60. The minimum Gasteiger partial charge on any atom is -0.396 e. The molecule has 17 heavy (non-hydrogen) atoms. The molecule has 0 bridgehead atoms. The molecular formula is C14H28O3. The van der Waals surface area contributed by atoms with E-state index in [1.165, 1.54) is 19.3 Å². The molecule has 2 N–H and O–H groups in total. The molecule has 1 rings (SSSR count). The summed E-state index contributed by atoms with van der Waals surface area (Å²) in [6.45, 7) is 4.32. The summed E-state index contributed by atoms with van der Waals surface area (Å²) in [7, 11) is 0. The average Bonchev–Trinajstić information content (AvgIpc) is 2.34. The van der Waals surface area contributed by atoms with Crippen molar-refractivity contribution in [2.24, 2.45) is 0 Å². The van der Waals surface area contributed by atoms with E-state index >= 15 is 0 Å². The van der Waals surface area contributed by atoms with Gasteiger partial charge in [0.15, 0.2) is 0 Å². The highest BCUT2D eigenvalue weighted by Crippen LogP contribution is 2.33. The van der Waals surface area contributed by atoms with Crippen LogP contribution in [0, 0.1) is 0 Å². The molecule has 1 aliphatic carbocycles. The molecule has 0 amide bonds. The second-order valence-electron chi connectivity index (χ2n) is 5.51. The van der Waals surface area contributed by atoms with E-state index in [4.69, 9.17) is 9.84 Å². The summed E-state index contributed by atoms with van der Waals surface area (Å²) < 4.78 is 6.17. The summed E-state index contributed by atoms with van der Waals surface area (Å²) in [5.41, 5.74) is -0.0610. The third kappa shape index (κ3) is 4.94. The van der Waals surface area contributed by atoms with E-state index in [0.717, 1.165) is 19.3 Å². The quantitative estimate of drug-likeness (QED) is 0.724. The maximum atomic E-state index is 9.98. The van der Waals surface area contributed by atoms with Crippen molar-refractivity contribution in [1.29, 1.82) is 0 Å². The third-order valence-electron chi connectivity index (χ3n) is 3.84. The van der Waals surface area contributed by atoms with Crippen LogP contribution in [0.15, 0.2) is 0 Å². The number of aliphatic hydroxyl groups is 2. The molecular weight excluding hydrogens is 216 g/mol. The van der Waals surface area contributed by atoms with Gasteiger partial charge >= 0.3 is 0 Å². The molecule has 0 radical (unpaired) electrons. The van der Waals surface area contributed by atoms with Crippen molar-refractivity contribution in [2.45, 2.75) is 83.0 Å². The molecule has 2 unspecified atom stereocenters. The topological polar surface area (TPSA) is 49.7 Å². The molecule has 0 aliphatic heterocycles. The molecule has 0 aromatic rings. The van der Waals surface area contributed by atoms with Crippen molar-refractivity contribution in [3.63, 3.8) is 0 Å². The number of aliphatic hydroxyl groups excluding tert-OH is 2. The van der Waals surface area contributed by atoms with Crippen LogP contribution in [0.25, 0.3) is 0 Å². The number of ether oxygens (including phenoxy) is 1. The highest BCUT2D eigenvalue weighted by molar-refractivity contribution is 4.82. The Kier molecular flexibility index (Phi) is 6.45. The van der Waals surface area contributed by atoms with Crippen molar-refractivity contribution in [3.8, 4) is 0 Å². The molecule has 1 saturated carbocycles. The second-order valence-corrected chi connectivity index (χ2v) is 5.51. The monoisotopic (exact) mass is 244 g/mol. The molecule has 0 heterocycles. The third-order valence-corrected chi connectivity index (χ3v) is 3.84. The highest BCUT2D eigenvalue weighted by Gasteiger charge is 2.32. The lowest BCUT2D eigenvalue weighted by molar-refractivity contribution is -0.144. The Labute approximate surface area is 105 Å². The van der Waals surface area contributed by atoms with Gasteiger partial charge in [0.1, 0.15) is 0 Å². The van der Waals surface area contributed by atoms with Crippen LogP contribution in [0.3, 0.4) is 0 Å². The van der Waals surface area contributed by atoms with Gasteiger partial charge in [-0.3, -0.25) is 0 Å². The highest BCUT2D eigenvalue weighted by atomic mass is 16.5. The summed E-state index contributed by atoms with van der Waals surface area (Å²) in [5.74, 6) is 0. The molecule has 2 atom stereocenters. The van der Waals surface area contributed by atoms with Crippen molar-refractivity contribution < 1.29 is 14.9 Å². The van der Waals surface area contributed by atoms with Gasteiger partial charge in [0.25, 0.3) is 0 Å². The van der Waals surface area contributed by atoms with Crippen LogP contribution in [0.4, 0.5) is 0 Å². The lowest BCUT2D eigenvalue weighted by Crippen LogP contribution is -2.40. The van der Waals surface area contributed by atoms with Crippen LogP contribution >= 0.6 is 0 Å². The molecule has 0 aromatic heterocycles. The van der Waals surface area contributed by atoms with Gasteiger partial charge < -0.3 is 14.9 Å². The molecule has 0 spiro atoms. The standard InChI is InChI=1S/C14H28O3/c1-3-12(16)13(8-7-11-15)17-14(2)9-5-4-6-10-14/h12-13,15-16H,3-11H2,1-2H3. The van der Waals surface area contributed by atoms with Gasteiger partial charge in [0.2, 0.25) is 0 Å². The van der Waals surface area contributed by atoms with Gasteiger partial charge in [-0.1, -0.05) is 26.2 Å². The van der Waals surface area contributed by atoms with Crippen molar-refractivity contribution in [3.05, 3.63) is 0 Å². The van der Waals surface area contributed by atoms with Crippen LogP contribution in [-0.4, -0.2) is 34.6 Å². The summed E-state index contributed by atoms with van der Waals surface area (Å²) in [4.78, 5) is 0. The first-order chi connectivity index (χ1) is 8.11. The van der Waals surface area contributed by atoms with E-state index in [9.17, 15) is 5.11 Å². The lowest BCUT2D eigenvalue weighted by atomic mass is 9.86. The van der Waals surface area contributed by atoms with Gasteiger partial charge in [-0.2, -0.15) is 0 Å². The fraction of sp³-hybridized carbons (Fsp3) is 1.00. The predicted octanol–water partition coefficient (Wildman–Crippen LogP) is 2.64. The van der Waals surface area contributed by atoms with Crippen LogP contribution in [0.1, 0.15) is 65.2 Å². The van der Waals surface area contributed by atoms with Gasteiger partial charge in [-0.05, 0) is 39.0 Å². The average molecular weight is 244 g/mol. The van der Waals surface area contributed by atoms with Crippen molar-refractivity contribution in [2.75, 3.05) is 6.61 Å². The molecule has 1 fully saturated rings. The van der Waals surface area contributed by atoms with E-state index < -0.39 is 6.10 Å². The second kappa shape index (κ2) is 7.34. The zero-order valence-electron chi connectivity index (χ0n) is 11.3. The Morgan fingerprint density at radius 1 is 1.24 bits per heavy atom. The smallest absolute Gasteiger partial charge is 0.0842 e. The van der Waals surface area contributed by atoms with Gasteiger partial charge in [0.05, 0.1) is 17.8 Å². The van der Waals surface area contributed by atoms with E-state index in [0.29, 0.717) is 12.8 Å². The van der Waals surface area contributed by atoms with E-state index in [1.807, 2.05) is 6.92 Å². The van der Waals surface area contributed by atoms with E-state index in [1.54, 1.807) is 0 Å². The van der Waals surface area contributed by atoms with Crippen LogP contribution in [0.5, 0.6) is 0 Å². The fourth-order valence-electron chi connectivity index (χ4n) is 2.67. The number of rotatable bonds is 7. The first-order valence-corrected chi connectivity index (χ1v) is 7.08. The zero-order chi connectivity index (χ0) is 12.7. The van der Waals surface area contributed by atoms with Gasteiger partial charge in [-0.25, -0.2) is 0 Å². The van der Waals surface area contributed by atoms with E-state index in [-0.39, 0.29) is 18.3 Å². The fourth-order valence-corrected chi connectivity index (χ4v) is 2.67. The largest absolute Gasteiger partial charge is 0.396 e. The molecule has 3 nitrogen and oxygen atoms in total. The Morgan fingerprint density at radius 2 is 1.88 bits per heavy atom. The van der Waals surface area contributed by atoms with Crippen molar-refractivity contribution in [1.82, 2.24) is 0 Å². The Balaban J connectivity index is 2.50. The SMILES string of the molecule is CCC(O)C(CCCO)OC1(C)CCCCC1. The van der Waals surface area contributed by atoms with Crippen molar-refractivity contribution >= 4 is 0 Å². The number of hydrogen-bond acceptors (Lipinski definition) is 3. The van der Waals surface area contributed by atoms with Crippen LogP contribution < -0.4 is 0 Å². The zero-order valence-corrected chi connectivity index (χ0v) is 11.3. The maximum absolute atomic E-state index is 9.98. The summed E-state index contributed by atoms with van der Waals surface area (Å²) in [6, 6.07) is 0. The van der Waals surface area contributed by atoms with Gasteiger partial charge in [-0.15, -0.1) is 0 Å². The van der Waals surface area contributed by atoms with E-state index in [2.05, 4.69) is 6.92 Å². The maximum Gasteiger partial charge on any atom is 0.0842 e. The molecule has 1 aliphatic rings. The van der Waals surface area contributed by atoms with Crippen LogP contribution in [0.2, 0.25) is 0 Å². The predicted molar refractivity (Wildman–Crippen MR) is 69.0 cm³/mol. The minimum absolute atomic E-state index is 0.0610. The Bertz CT molecular complexity index is 200.